The first-order valence-electron chi connectivity index (χ1n) is 15.8. The van der Waals surface area contributed by atoms with Crippen LogP contribution in [0.2, 0.25) is 0 Å². The zero-order chi connectivity index (χ0) is 30.9. The molecule has 0 N–H and O–H groups in total. The zero-order valence-corrected chi connectivity index (χ0v) is 25.2. The lowest BCUT2D eigenvalue weighted by molar-refractivity contribution is 0.669. The molecule has 8 aromatic carbocycles. The Morgan fingerprint density at radius 1 is 0.340 bits per heavy atom. The highest BCUT2D eigenvalue weighted by Crippen LogP contribution is 2.43. The molecule has 2 aromatic heterocycles. The minimum atomic E-state index is 0.606. The predicted octanol–water partition coefficient (Wildman–Crippen LogP) is 11.4. The third-order valence-electron chi connectivity index (χ3n) is 9.26. The molecular weight excluding hydrogens is 574 g/mol. The van der Waals surface area contributed by atoms with E-state index in [1.807, 2.05) is 12.1 Å². The number of hydrogen-bond donors (Lipinski definition) is 0. The quantitative estimate of drug-likeness (QED) is 0.190. The lowest BCUT2D eigenvalue weighted by Crippen LogP contribution is -2.01. The van der Waals surface area contributed by atoms with Crippen LogP contribution in [0.25, 0.3) is 99.2 Å². The average Bonchev–Trinajstić information content (AvgIpc) is 3.52. The van der Waals surface area contributed by atoms with Crippen LogP contribution < -0.4 is 0 Å². The Kier molecular flexibility index (Phi) is 5.54. The lowest BCUT2D eigenvalue weighted by atomic mass is 9.94. The van der Waals surface area contributed by atoms with Gasteiger partial charge in [0.1, 0.15) is 11.2 Å². The van der Waals surface area contributed by atoms with Crippen LogP contribution in [-0.2, 0) is 0 Å². The standard InChI is InChI=1S/C43H25N3O/c1-3-12-29-23-31(19-17-26(29)9-1)41-44-42(32-20-18-27-10-2-4-13-30(27)24-32)46-43(45-41)36-25-38-40(35-15-7-8-16-37(35)47-38)39-33-14-6-5-11-28(33)21-22-34(36)39/h1-25H. The number of rotatable bonds is 3. The van der Waals surface area contributed by atoms with Gasteiger partial charge in [0, 0.05) is 32.8 Å². The van der Waals surface area contributed by atoms with Gasteiger partial charge in [-0.2, -0.15) is 0 Å². The summed E-state index contributed by atoms with van der Waals surface area (Å²) in [6.45, 7) is 0. The van der Waals surface area contributed by atoms with E-state index in [0.29, 0.717) is 17.5 Å². The van der Waals surface area contributed by atoms with Crippen molar-refractivity contribution in [2.75, 3.05) is 0 Å². The van der Waals surface area contributed by atoms with Crippen molar-refractivity contribution in [1.82, 2.24) is 15.0 Å². The van der Waals surface area contributed by atoms with Crippen LogP contribution in [0.15, 0.2) is 156 Å². The number of furan rings is 1. The van der Waals surface area contributed by atoms with E-state index in [-0.39, 0.29) is 0 Å². The summed E-state index contributed by atoms with van der Waals surface area (Å²) in [6.07, 6.45) is 0. The second-order valence-corrected chi connectivity index (χ2v) is 12.0. The molecule has 218 valence electrons. The molecule has 4 nitrogen and oxygen atoms in total. The van der Waals surface area contributed by atoms with E-state index in [1.54, 1.807) is 0 Å². The van der Waals surface area contributed by atoms with Gasteiger partial charge in [-0.05, 0) is 62.0 Å². The van der Waals surface area contributed by atoms with Crippen molar-refractivity contribution in [2.45, 2.75) is 0 Å². The Labute approximate surface area is 269 Å². The van der Waals surface area contributed by atoms with E-state index >= 15 is 0 Å². The Balaban J connectivity index is 1.30. The molecule has 0 saturated heterocycles. The fraction of sp³-hybridized carbons (Fsp3) is 0. The molecule has 0 spiro atoms. The fourth-order valence-corrected chi connectivity index (χ4v) is 6.99. The Bertz CT molecular complexity index is 2770. The fourth-order valence-electron chi connectivity index (χ4n) is 6.99. The van der Waals surface area contributed by atoms with Crippen molar-refractivity contribution < 1.29 is 4.42 Å². The zero-order valence-electron chi connectivity index (χ0n) is 25.2. The molecule has 10 aromatic rings. The van der Waals surface area contributed by atoms with Gasteiger partial charge in [0.05, 0.1) is 0 Å². The number of hydrogen-bond acceptors (Lipinski definition) is 4. The van der Waals surface area contributed by atoms with Gasteiger partial charge in [-0.15, -0.1) is 0 Å². The molecule has 0 atom stereocenters. The average molecular weight is 600 g/mol. The monoisotopic (exact) mass is 599 g/mol. The summed E-state index contributed by atoms with van der Waals surface area (Å²) in [6, 6.07) is 52.8. The predicted molar refractivity (Wildman–Crippen MR) is 193 cm³/mol. The van der Waals surface area contributed by atoms with Crippen LogP contribution in [0.3, 0.4) is 0 Å². The van der Waals surface area contributed by atoms with Crippen molar-refractivity contribution in [3.8, 4) is 34.2 Å². The maximum absolute atomic E-state index is 6.53. The summed E-state index contributed by atoms with van der Waals surface area (Å²) in [4.78, 5) is 15.5. The van der Waals surface area contributed by atoms with Crippen LogP contribution in [0.1, 0.15) is 0 Å². The first-order chi connectivity index (χ1) is 23.3. The maximum atomic E-state index is 6.53. The number of para-hydroxylation sites is 1. The summed E-state index contributed by atoms with van der Waals surface area (Å²) >= 11 is 0. The smallest absolute Gasteiger partial charge is 0.164 e. The van der Waals surface area contributed by atoms with Crippen LogP contribution in [-0.4, -0.2) is 15.0 Å². The normalized spacial score (nSPS) is 11.8. The molecule has 47 heavy (non-hydrogen) atoms. The Morgan fingerprint density at radius 2 is 0.872 bits per heavy atom. The number of nitrogens with zero attached hydrogens (tertiary/aromatic N) is 3. The second kappa shape index (κ2) is 10.1. The second-order valence-electron chi connectivity index (χ2n) is 12.0. The Morgan fingerprint density at radius 3 is 1.55 bits per heavy atom. The summed E-state index contributed by atoms with van der Waals surface area (Å²) in [5.41, 5.74) is 4.45. The molecule has 0 radical (unpaired) electrons. The SMILES string of the molecule is c1ccc2cc(-c3nc(-c4ccc5ccccc5c4)nc(-c4cc5oc6ccccc6c5c5c4ccc4ccccc45)n3)ccc2c1. The van der Waals surface area contributed by atoms with E-state index < -0.39 is 0 Å². The minimum Gasteiger partial charge on any atom is -0.456 e. The van der Waals surface area contributed by atoms with Crippen LogP contribution >= 0.6 is 0 Å². The van der Waals surface area contributed by atoms with E-state index in [9.17, 15) is 0 Å². The van der Waals surface area contributed by atoms with Gasteiger partial charge in [0.25, 0.3) is 0 Å². The van der Waals surface area contributed by atoms with Gasteiger partial charge in [0.15, 0.2) is 17.5 Å². The minimum absolute atomic E-state index is 0.606. The summed E-state index contributed by atoms with van der Waals surface area (Å²) in [5.74, 6) is 1.86. The highest BCUT2D eigenvalue weighted by Gasteiger charge is 2.20. The highest BCUT2D eigenvalue weighted by atomic mass is 16.3. The van der Waals surface area contributed by atoms with E-state index in [0.717, 1.165) is 60.2 Å². The molecule has 0 amide bonds. The van der Waals surface area contributed by atoms with Crippen LogP contribution in [0.5, 0.6) is 0 Å². The molecule has 10 rings (SSSR count). The summed E-state index contributed by atoms with van der Waals surface area (Å²) in [7, 11) is 0. The third kappa shape index (κ3) is 4.12. The number of fused-ring (bicyclic) bond motifs is 9. The molecule has 0 bridgehead atoms. The molecular formula is C43H25N3O. The summed E-state index contributed by atoms with van der Waals surface area (Å²) < 4.78 is 6.53. The van der Waals surface area contributed by atoms with Crippen molar-refractivity contribution in [3.05, 3.63) is 152 Å². The molecule has 0 fully saturated rings. The van der Waals surface area contributed by atoms with Crippen molar-refractivity contribution in [3.63, 3.8) is 0 Å². The van der Waals surface area contributed by atoms with E-state index in [4.69, 9.17) is 19.4 Å². The van der Waals surface area contributed by atoms with Gasteiger partial charge in [-0.3, -0.25) is 0 Å². The van der Waals surface area contributed by atoms with Crippen molar-refractivity contribution >= 4 is 65.0 Å². The Hall–Kier alpha value is -6.39. The first-order valence-corrected chi connectivity index (χ1v) is 15.8. The number of aromatic nitrogens is 3. The van der Waals surface area contributed by atoms with Gasteiger partial charge in [-0.1, -0.05) is 127 Å². The topological polar surface area (TPSA) is 51.8 Å². The lowest BCUT2D eigenvalue weighted by Gasteiger charge is -2.13. The first kappa shape index (κ1) is 25.9. The van der Waals surface area contributed by atoms with Gasteiger partial charge in [0.2, 0.25) is 0 Å². The largest absolute Gasteiger partial charge is 0.456 e. The van der Waals surface area contributed by atoms with Crippen molar-refractivity contribution in [2.24, 2.45) is 0 Å². The molecule has 0 aliphatic rings. The molecule has 2 heterocycles. The van der Waals surface area contributed by atoms with Crippen molar-refractivity contribution in [1.29, 1.82) is 0 Å². The molecule has 0 aliphatic heterocycles. The van der Waals surface area contributed by atoms with Gasteiger partial charge < -0.3 is 4.42 Å². The molecule has 0 unspecified atom stereocenters. The van der Waals surface area contributed by atoms with Crippen LogP contribution in [0.4, 0.5) is 0 Å². The molecule has 4 heteroatoms. The van der Waals surface area contributed by atoms with E-state index in [1.165, 1.54) is 21.5 Å². The molecule has 0 aliphatic carbocycles. The van der Waals surface area contributed by atoms with Gasteiger partial charge >= 0.3 is 0 Å². The highest BCUT2D eigenvalue weighted by molar-refractivity contribution is 6.29. The summed E-state index contributed by atoms with van der Waals surface area (Å²) in [5, 5.41) is 11.4. The third-order valence-corrected chi connectivity index (χ3v) is 9.26. The maximum Gasteiger partial charge on any atom is 0.164 e. The van der Waals surface area contributed by atoms with E-state index in [2.05, 4.69) is 140 Å². The number of benzene rings is 8. The van der Waals surface area contributed by atoms with Gasteiger partial charge in [-0.25, -0.2) is 15.0 Å². The van der Waals surface area contributed by atoms with Crippen LogP contribution in [0, 0.1) is 0 Å². The molecule has 0 saturated carbocycles.